The fourth-order valence-electron chi connectivity index (χ4n) is 3.86. The molecule has 2 heterocycles. The molecule has 1 N–H and O–H groups in total. The number of rotatable bonds is 7. The van der Waals surface area contributed by atoms with E-state index in [-0.39, 0.29) is 24.4 Å². The van der Waals surface area contributed by atoms with Crippen LogP contribution in [0.5, 0.6) is 5.75 Å². The van der Waals surface area contributed by atoms with Crippen molar-refractivity contribution in [3.63, 3.8) is 0 Å². The lowest BCUT2D eigenvalue weighted by Gasteiger charge is -2.34. The number of fused-ring (bicyclic) bond motifs is 1. The number of carbonyl (C=O) groups excluding carboxylic acids is 2. The lowest BCUT2D eigenvalue weighted by atomic mass is 9.98. The van der Waals surface area contributed by atoms with Crippen LogP contribution >= 0.6 is 0 Å². The minimum absolute atomic E-state index is 0.0297. The summed E-state index contributed by atoms with van der Waals surface area (Å²) in [4.78, 5) is 33.1. The molecule has 1 atom stereocenters. The number of likely N-dealkylation sites (tertiary alicyclic amines) is 1. The summed E-state index contributed by atoms with van der Waals surface area (Å²) in [6.07, 6.45) is 2.53. The van der Waals surface area contributed by atoms with Crippen molar-refractivity contribution in [2.45, 2.75) is 33.1 Å². The van der Waals surface area contributed by atoms with Crippen molar-refractivity contribution in [1.82, 2.24) is 10.2 Å². The lowest BCUT2D eigenvalue weighted by Crippen LogP contribution is -2.48. The smallest absolute Gasteiger partial charge is 0.310 e. The van der Waals surface area contributed by atoms with E-state index in [0.29, 0.717) is 26.2 Å². The zero-order valence-corrected chi connectivity index (χ0v) is 17.9. The van der Waals surface area contributed by atoms with Gasteiger partial charge in [-0.2, -0.15) is 0 Å². The largest absolute Gasteiger partial charge is 0.482 e. The van der Waals surface area contributed by atoms with Gasteiger partial charge in [-0.3, -0.25) is 14.6 Å². The molecule has 0 aromatic heterocycles. The monoisotopic (exact) mass is 416 g/mol. The van der Waals surface area contributed by atoms with E-state index >= 15 is 0 Å². The maximum absolute atomic E-state index is 12.3. The Morgan fingerprint density at radius 1 is 1.33 bits per heavy atom. The molecule has 1 fully saturated rings. The molecule has 0 radical (unpaired) electrons. The van der Waals surface area contributed by atoms with Crippen LogP contribution in [0.2, 0.25) is 0 Å². The predicted molar refractivity (Wildman–Crippen MR) is 116 cm³/mol. The van der Waals surface area contributed by atoms with Crippen LogP contribution in [-0.4, -0.2) is 68.7 Å². The van der Waals surface area contributed by atoms with Crippen LogP contribution in [0.25, 0.3) is 0 Å². The fourth-order valence-corrected chi connectivity index (χ4v) is 3.86. The highest BCUT2D eigenvalue weighted by atomic mass is 16.5. The van der Waals surface area contributed by atoms with Gasteiger partial charge in [-0.15, -0.1) is 0 Å². The van der Waals surface area contributed by atoms with Gasteiger partial charge in [-0.1, -0.05) is 12.1 Å². The first-order valence-electron chi connectivity index (χ1n) is 10.9. The summed E-state index contributed by atoms with van der Waals surface area (Å²) >= 11 is 0. The summed E-state index contributed by atoms with van der Waals surface area (Å²) in [6.45, 7) is 7.79. The second-order valence-electron chi connectivity index (χ2n) is 7.43. The third-order valence-electron chi connectivity index (χ3n) is 5.29. The molecule has 2 aliphatic rings. The van der Waals surface area contributed by atoms with Gasteiger partial charge < -0.3 is 24.6 Å². The summed E-state index contributed by atoms with van der Waals surface area (Å²) in [7, 11) is 0. The molecule has 3 rings (SSSR count). The number of anilines is 1. The van der Waals surface area contributed by atoms with Gasteiger partial charge in [0.15, 0.2) is 12.6 Å². The Hall–Kier alpha value is -2.77. The quantitative estimate of drug-likeness (QED) is 0.317. The van der Waals surface area contributed by atoms with Gasteiger partial charge in [-0.25, -0.2) is 0 Å². The van der Waals surface area contributed by atoms with E-state index in [0.717, 1.165) is 49.7 Å². The Labute approximate surface area is 178 Å². The topological polar surface area (TPSA) is 83.5 Å². The molecular weight excluding hydrogens is 384 g/mol. The molecule has 1 saturated heterocycles. The van der Waals surface area contributed by atoms with Gasteiger partial charge in [0, 0.05) is 32.7 Å². The minimum atomic E-state index is -0.123. The van der Waals surface area contributed by atoms with Crippen molar-refractivity contribution in [3.05, 3.63) is 24.3 Å². The second-order valence-corrected chi connectivity index (χ2v) is 7.43. The zero-order valence-electron chi connectivity index (χ0n) is 17.9. The number of piperidine rings is 1. The normalized spacial score (nSPS) is 19.2. The Balaban J connectivity index is 1.58. The number of benzene rings is 1. The van der Waals surface area contributed by atoms with Crippen molar-refractivity contribution in [2.75, 3.05) is 50.8 Å². The predicted octanol–water partition coefficient (Wildman–Crippen LogP) is 2.04. The van der Waals surface area contributed by atoms with Gasteiger partial charge >= 0.3 is 5.97 Å². The first kappa shape index (κ1) is 21.9. The number of hydrogen-bond acceptors (Lipinski definition) is 5. The van der Waals surface area contributed by atoms with Gasteiger partial charge in [0.2, 0.25) is 0 Å². The Bertz CT molecular complexity index is 767. The summed E-state index contributed by atoms with van der Waals surface area (Å²) in [5.41, 5.74) is 0.818. The number of hydrogen-bond donors (Lipinski definition) is 1. The Morgan fingerprint density at radius 3 is 2.97 bits per heavy atom. The van der Waals surface area contributed by atoms with Gasteiger partial charge in [0.1, 0.15) is 5.75 Å². The molecule has 1 aromatic carbocycles. The molecule has 0 bridgehead atoms. The van der Waals surface area contributed by atoms with Crippen molar-refractivity contribution < 1.29 is 19.1 Å². The highest BCUT2D eigenvalue weighted by Crippen LogP contribution is 2.31. The average Bonchev–Trinajstić information content (AvgIpc) is 2.77. The summed E-state index contributed by atoms with van der Waals surface area (Å²) in [5.74, 6) is 1.30. The van der Waals surface area contributed by atoms with Crippen LogP contribution < -0.4 is 15.0 Å². The number of nitrogens with one attached hydrogen (secondary N) is 1. The van der Waals surface area contributed by atoms with Crippen LogP contribution in [0.3, 0.4) is 0 Å². The average molecular weight is 417 g/mol. The van der Waals surface area contributed by atoms with Gasteiger partial charge in [-0.05, 0) is 45.2 Å². The number of esters is 1. The van der Waals surface area contributed by atoms with Crippen molar-refractivity contribution >= 4 is 23.5 Å². The Kier molecular flexibility index (Phi) is 7.93. The van der Waals surface area contributed by atoms with Gasteiger partial charge in [0.25, 0.3) is 5.91 Å². The van der Waals surface area contributed by atoms with E-state index in [1.165, 1.54) is 0 Å². The van der Waals surface area contributed by atoms with Crippen LogP contribution in [-0.2, 0) is 14.3 Å². The number of aliphatic imine (C=N–C) groups is 1. The molecule has 1 aromatic rings. The van der Waals surface area contributed by atoms with Crippen LogP contribution in [0.15, 0.2) is 29.3 Å². The number of guanidine groups is 1. The third-order valence-corrected chi connectivity index (χ3v) is 5.29. The zero-order chi connectivity index (χ0) is 21.3. The van der Waals surface area contributed by atoms with E-state index in [1.54, 1.807) is 4.90 Å². The molecule has 1 amide bonds. The van der Waals surface area contributed by atoms with E-state index < -0.39 is 0 Å². The van der Waals surface area contributed by atoms with E-state index in [9.17, 15) is 9.59 Å². The maximum Gasteiger partial charge on any atom is 0.310 e. The first-order valence-corrected chi connectivity index (χ1v) is 10.9. The highest BCUT2D eigenvalue weighted by molar-refractivity contribution is 5.97. The van der Waals surface area contributed by atoms with Crippen molar-refractivity contribution in [2.24, 2.45) is 10.9 Å². The fraction of sp³-hybridized carbons (Fsp3) is 0.591. The lowest BCUT2D eigenvalue weighted by molar-refractivity contribution is -0.149. The molecule has 30 heavy (non-hydrogen) atoms. The van der Waals surface area contributed by atoms with Crippen molar-refractivity contribution in [1.29, 1.82) is 0 Å². The van der Waals surface area contributed by atoms with Crippen LogP contribution in [0.4, 0.5) is 5.69 Å². The minimum Gasteiger partial charge on any atom is -0.482 e. The summed E-state index contributed by atoms with van der Waals surface area (Å²) < 4.78 is 10.7. The van der Waals surface area contributed by atoms with Crippen molar-refractivity contribution in [3.8, 4) is 5.75 Å². The molecule has 0 saturated carbocycles. The first-order chi connectivity index (χ1) is 14.6. The molecule has 8 nitrogen and oxygen atoms in total. The SMILES string of the molecule is CCNC(=NCCCN1C(=O)COc2ccccc21)N1CCCC(C(=O)OCC)C1. The van der Waals surface area contributed by atoms with E-state index in [2.05, 4.69) is 10.2 Å². The second kappa shape index (κ2) is 10.8. The molecule has 164 valence electrons. The molecular formula is C22H32N4O4. The number of ether oxygens (including phenoxy) is 2. The number of amides is 1. The Morgan fingerprint density at radius 2 is 2.17 bits per heavy atom. The van der Waals surface area contributed by atoms with Crippen LogP contribution in [0.1, 0.15) is 33.1 Å². The number of para-hydroxylation sites is 2. The third kappa shape index (κ3) is 5.43. The van der Waals surface area contributed by atoms with Gasteiger partial charge in [0.05, 0.1) is 18.2 Å². The van der Waals surface area contributed by atoms with E-state index in [4.69, 9.17) is 14.5 Å². The number of carbonyl (C=O) groups is 2. The molecule has 0 aliphatic carbocycles. The molecule has 2 aliphatic heterocycles. The molecule has 8 heteroatoms. The highest BCUT2D eigenvalue weighted by Gasteiger charge is 2.28. The van der Waals surface area contributed by atoms with Crippen LogP contribution in [0, 0.1) is 5.92 Å². The van der Waals surface area contributed by atoms with E-state index in [1.807, 2.05) is 38.1 Å². The molecule has 0 spiro atoms. The summed E-state index contributed by atoms with van der Waals surface area (Å²) in [6, 6.07) is 7.60. The number of nitrogens with zero attached hydrogens (tertiary/aromatic N) is 3. The maximum atomic E-state index is 12.3. The standard InChI is InChI=1S/C22H32N4O4/c1-3-23-22(25-13-7-9-17(15-25)21(28)29-4-2)24-12-8-14-26-18-10-5-6-11-19(18)30-16-20(26)27/h5-6,10-11,17H,3-4,7-9,12-16H2,1-2H3,(H,23,24). The summed E-state index contributed by atoms with van der Waals surface area (Å²) in [5, 5.41) is 3.33. The molecule has 1 unspecified atom stereocenters.